The van der Waals surface area contributed by atoms with Crippen LogP contribution in [-0.2, 0) is 16.0 Å². The number of hydrogen-bond acceptors (Lipinski definition) is 8. The number of pyridine rings is 1. The van der Waals surface area contributed by atoms with Crippen LogP contribution in [0.1, 0.15) is 36.8 Å². The van der Waals surface area contributed by atoms with Gasteiger partial charge in [0.05, 0.1) is 44.1 Å². The van der Waals surface area contributed by atoms with Gasteiger partial charge in [-0.05, 0) is 32.9 Å². The molecule has 0 N–H and O–H groups in total. The number of likely N-dealkylation sites (tertiary alicyclic amines) is 1. The van der Waals surface area contributed by atoms with Crippen LogP contribution in [0.15, 0.2) is 35.5 Å². The van der Waals surface area contributed by atoms with Crippen LogP contribution in [0.25, 0.3) is 0 Å². The molecule has 0 radical (unpaired) electrons. The molecule has 10 nitrogen and oxygen atoms in total. The Morgan fingerprint density at radius 1 is 1.20 bits per heavy atom. The number of aromatic nitrogens is 3. The van der Waals surface area contributed by atoms with Gasteiger partial charge in [0.2, 0.25) is 5.88 Å². The van der Waals surface area contributed by atoms with Crippen molar-refractivity contribution in [3.63, 3.8) is 0 Å². The first kappa shape index (κ1) is 21.3. The number of hydrogen-bond donors (Lipinski definition) is 0. The molecule has 160 valence electrons. The molecule has 0 aliphatic carbocycles. The van der Waals surface area contributed by atoms with E-state index in [0.717, 1.165) is 0 Å². The summed E-state index contributed by atoms with van der Waals surface area (Å²) in [7, 11) is 1.30. The second-order valence-corrected chi connectivity index (χ2v) is 7.85. The second-order valence-electron chi connectivity index (χ2n) is 7.85. The van der Waals surface area contributed by atoms with Crippen LogP contribution >= 0.6 is 0 Å². The maximum absolute atomic E-state index is 12.3. The molecule has 0 saturated carbocycles. The van der Waals surface area contributed by atoms with Crippen molar-refractivity contribution in [1.82, 2.24) is 19.4 Å². The van der Waals surface area contributed by atoms with Gasteiger partial charge in [0.1, 0.15) is 18.0 Å². The zero-order valence-corrected chi connectivity index (χ0v) is 17.3. The summed E-state index contributed by atoms with van der Waals surface area (Å²) in [6, 6.07) is 4.51. The lowest BCUT2D eigenvalue weighted by atomic mass is 10.2. The molecule has 0 unspecified atom stereocenters. The molecule has 1 fully saturated rings. The van der Waals surface area contributed by atoms with Gasteiger partial charge in [0.25, 0.3) is 5.56 Å². The molecule has 1 aliphatic rings. The number of methoxy groups -OCH3 is 1. The minimum atomic E-state index is -0.552. The van der Waals surface area contributed by atoms with Crippen LogP contribution in [0.4, 0.5) is 4.79 Å². The van der Waals surface area contributed by atoms with E-state index in [1.165, 1.54) is 35.2 Å². The lowest BCUT2D eigenvalue weighted by Gasteiger charge is -2.39. The molecule has 10 heteroatoms. The number of esters is 1. The average Bonchev–Trinajstić information content (AvgIpc) is 2.64. The third-order valence-electron chi connectivity index (χ3n) is 4.22. The SMILES string of the molecule is COC(=O)c1ccc(Cn2cnc(OC3CN(C(=O)OC(C)(C)C)C3)cc2=O)nc1. The Morgan fingerprint density at radius 2 is 1.93 bits per heavy atom. The fraction of sp³-hybridized carbons (Fsp3) is 0.450. The zero-order valence-electron chi connectivity index (χ0n) is 17.3. The van der Waals surface area contributed by atoms with Crippen molar-refractivity contribution in [2.24, 2.45) is 0 Å². The molecule has 1 aliphatic heterocycles. The zero-order chi connectivity index (χ0) is 21.9. The molecule has 0 aromatic carbocycles. The van der Waals surface area contributed by atoms with Crippen molar-refractivity contribution in [2.45, 2.75) is 39.0 Å². The largest absolute Gasteiger partial charge is 0.470 e. The van der Waals surface area contributed by atoms with Crippen molar-refractivity contribution in [2.75, 3.05) is 20.2 Å². The maximum atomic E-state index is 12.3. The molecular weight excluding hydrogens is 392 g/mol. The fourth-order valence-corrected chi connectivity index (χ4v) is 2.68. The number of nitrogens with zero attached hydrogens (tertiary/aromatic N) is 4. The van der Waals surface area contributed by atoms with E-state index in [-0.39, 0.29) is 24.1 Å². The van der Waals surface area contributed by atoms with Gasteiger partial charge in [-0.15, -0.1) is 0 Å². The molecule has 2 aromatic rings. The highest BCUT2D eigenvalue weighted by Crippen LogP contribution is 2.18. The summed E-state index contributed by atoms with van der Waals surface area (Å²) in [4.78, 5) is 45.6. The normalized spacial score (nSPS) is 14.1. The van der Waals surface area contributed by atoms with Gasteiger partial charge in [-0.3, -0.25) is 14.3 Å². The summed E-state index contributed by atoms with van der Waals surface area (Å²) in [6.45, 7) is 6.36. The van der Waals surface area contributed by atoms with E-state index in [4.69, 9.17) is 9.47 Å². The van der Waals surface area contributed by atoms with Gasteiger partial charge in [-0.25, -0.2) is 14.6 Å². The fourth-order valence-electron chi connectivity index (χ4n) is 2.68. The maximum Gasteiger partial charge on any atom is 0.410 e. The highest BCUT2D eigenvalue weighted by molar-refractivity contribution is 5.88. The molecule has 0 spiro atoms. The molecule has 3 heterocycles. The Hall–Kier alpha value is -3.43. The summed E-state index contributed by atoms with van der Waals surface area (Å²) >= 11 is 0. The number of carbonyl (C=O) groups is 2. The molecule has 2 aromatic heterocycles. The van der Waals surface area contributed by atoms with Crippen LogP contribution in [0, 0.1) is 0 Å². The standard InChI is InChI=1S/C20H24N4O6/c1-20(2,3)30-19(27)23-10-15(11-23)29-16-7-17(25)24(12-22-16)9-14-6-5-13(8-21-14)18(26)28-4/h5-8,12,15H,9-11H2,1-4H3. The quantitative estimate of drug-likeness (QED) is 0.674. The third-order valence-corrected chi connectivity index (χ3v) is 4.22. The number of amides is 1. The molecule has 1 amide bonds. The topological polar surface area (TPSA) is 113 Å². The predicted molar refractivity (Wildman–Crippen MR) is 105 cm³/mol. The van der Waals surface area contributed by atoms with Crippen molar-refractivity contribution in [3.8, 4) is 5.88 Å². The van der Waals surface area contributed by atoms with Crippen LogP contribution < -0.4 is 10.3 Å². The minimum Gasteiger partial charge on any atom is -0.470 e. The Labute approximate surface area is 173 Å². The summed E-state index contributed by atoms with van der Waals surface area (Å²) in [6.07, 6.45) is 2.13. The molecule has 3 rings (SSSR count). The highest BCUT2D eigenvalue weighted by Gasteiger charge is 2.35. The summed E-state index contributed by atoms with van der Waals surface area (Å²) in [5.74, 6) is -0.283. The van der Waals surface area contributed by atoms with Crippen LogP contribution in [-0.4, -0.2) is 63.4 Å². The summed E-state index contributed by atoms with van der Waals surface area (Å²) in [5.41, 5.74) is 0.0645. The van der Waals surface area contributed by atoms with Crippen molar-refractivity contribution in [3.05, 3.63) is 52.3 Å². The average molecular weight is 416 g/mol. The van der Waals surface area contributed by atoms with Crippen LogP contribution in [0.5, 0.6) is 5.88 Å². The van der Waals surface area contributed by atoms with Crippen molar-refractivity contribution < 1.29 is 23.8 Å². The Morgan fingerprint density at radius 3 is 2.50 bits per heavy atom. The Balaban J connectivity index is 1.54. The van der Waals surface area contributed by atoms with E-state index in [2.05, 4.69) is 14.7 Å². The number of ether oxygens (including phenoxy) is 3. The van der Waals surface area contributed by atoms with Crippen LogP contribution in [0.3, 0.4) is 0 Å². The first-order chi connectivity index (χ1) is 14.1. The van der Waals surface area contributed by atoms with Gasteiger partial charge in [-0.1, -0.05) is 0 Å². The van der Waals surface area contributed by atoms with E-state index >= 15 is 0 Å². The van der Waals surface area contributed by atoms with Crippen molar-refractivity contribution in [1.29, 1.82) is 0 Å². The molecule has 1 saturated heterocycles. The molecule has 30 heavy (non-hydrogen) atoms. The lowest BCUT2D eigenvalue weighted by Crippen LogP contribution is -2.57. The molecular formula is C20H24N4O6. The van der Waals surface area contributed by atoms with Crippen LogP contribution in [0.2, 0.25) is 0 Å². The Bertz CT molecular complexity index is 974. The minimum absolute atomic E-state index is 0.194. The van der Waals surface area contributed by atoms with Gasteiger partial charge in [-0.2, -0.15) is 0 Å². The van der Waals surface area contributed by atoms with Gasteiger partial charge in [0.15, 0.2) is 0 Å². The summed E-state index contributed by atoms with van der Waals surface area (Å²) in [5, 5.41) is 0. The van der Waals surface area contributed by atoms with E-state index in [1.54, 1.807) is 32.9 Å². The van der Waals surface area contributed by atoms with E-state index in [0.29, 0.717) is 24.3 Å². The number of carbonyl (C=O) groups excluding carboxylic acids is 2. The predicted octanol–water partition coefficient (Wildman–Crippen LogP) is 1.47. The smallest absolute Gasteiger partial charge is 0.410 e. The second kappa shape index (κ2) is 8.52. The van der Waals surface area contributed by atoms with Gasteiger partial charge >= 0.3 is 12.1 Å². The first-order valence-electron chi connectivity index (χ1n) is 9.39. The highest BCUT2D eigenvalue weighted by atomic mass is 16.6. The summed E-state index contributed by atoms with van der Waals surface area (Å²) < 4.78 is 17.0. The number of rotatable bonds is 5. The molecule has 0 atom stereocenters. The van der Waals surface area contributed by atoms with Gasteiger partial charge in [0, 0.05) is 6.20 Å². The molecule has 0 bridgehead atoms. The van der Waals surface area contributed by atoms with Crippen molar-refractivity contribution >= 4 is 12.1 Å². The van der Waals surface area contributed by atoms with E-state index in [9.17, 15) is 14.4 Å². The lowest BCUT2D eigenvalue weighted by molar-refractivity contribution is -0.0233. The van der Waals surface area contributed by atoms with E-state index < -0.39 is 17.7 Å². The van der Waals surface area contributed by atoms with E-state index in [1.807, 2.05) is 0 Å². The monoisotopic (exact) mass is 416 g/mol. The first-order valence-corrected chi connectivity index (χ1v) is 9.39. The third kappa shape index (κ3) is 5.34. The Kier molecular flexibility index (Phi) is 6.04. The van der Waals surface area contributed by atoms with Gasteiger partial charge < -0.3 is 19.1 Å².